The molecular formula is C25H28BCl3N4O2. The first-order chi connectivity index (χ1) is 16.1. The molecule has 4 aromatic rings. The molecule has 4 heterocycles. The van der Waals surface area contributed by atoms with Gasteiger partial charge in [-0.1, -0.05) is 54.4 Å². The molecule has 0 fully saturated rings. The fourth-order valence-electron chi connectivity index (χ4n) is 2.71. The number of pyridine rings is 4. The van der Waals surface area contributed by atoms with Crippen molar-refractivity contribution in [2.24, 2.45) is 0 Å². The minimum atomic E-state index is -1.40. The van der Waals surface area contributed by atoms with Gasteiger partial charge in [0.2, 0.25) is 0 Å². The fraction of sp³-hybridized carbons (Fsp3) is 0.200. The zero-order valence-electron chi connectivity index (χ0n) is 19.2. The molecule has 2 N–H and O–H groups in total. The van der Waals surface area contributed by atoms with E-state index in [1.54, 1.807) is 30.6 Å². The van der Waals surface area contributed by atoms with Crippen LogP contribution >= 0.6 is 34.8 Å². The van der Waals surface area contributed by atoms with Crippen molar-refractivity contribution in [3.8, 4) is 11.1 Å². The van der Waals surface area contributed by atoms with Crippen molar-refractivity contribution < 1.29 is 10.0 Å². The molecule has 0 atom stereocenters. The summed E-state index contributed by atoms with van der Waals surface area (Å²) in [5, 5.41) is 18.8. The molecule has 0 amide bonds. The quantitative estimate of drug-likeness (QED) is 0.249. The smallest absolute Gasteiger partial charge is 0.423 e. The summed E-state index contributed by atoms with van der Waals surface area (Å²) < 4.78 is 0. The van der Waals surface area contributed by atoms with Crippen LogP contribution < -0.4 is 5.46 Å². The molecule has 35 heavy (non-hydrogen) atoms. The van der Waals surface area contributed by atoms with E-state index in [2.05, 4.69) is 19.9 Å². The van der Waals surface area contributed by atoms with Gasteiger partial charge < -0.3 is 10.0 Å². The second-order valence-corrected chi connectivity index (χ2v) is 8.41. The van der Waals surface area contributed by atoms with Crippen molar-refractivity contribution in [3.05, 3.63) is 99.0 Å². The first-order valence-electron chi connectivity index (χ1n) is 10.2. The molecule has 0 bridgehead atoms. The van der Waals surface area contributed by atoms with Crippen LogP contribution in [0.2, 0.25) is 15.3 Å². The van der Waals surface area contributed by atoms with E-state index >= 15 is 0 Å². The third kappa shape index (κ3) is 9.55. The number of aromatic nitrogens is 4. The van der Waals surface area contributed by atoms with Crippen molar-refractivity contribution in [1.29, 1.82) is 0 Å². The van der Waals surface area contributed by atoms with Gasteiger partial charge in [-0.15, -0.1) is 0 Å². The van der Waals surface area contributed by atoms with Gasteiger partial charge in [-0.05, 0) is 63.1 Å². The summed E-state index contributed by atoms with van der Waals surface area (Å²) in [5.74, 6) is 0. The number of hydrogen-bond donors (Lipinski definition) is 2. The van der Waals surface area contributed by atoms with Gasteiger partial charge in [-0.3, -0.25) is 9.97 Å². The number of aryl methyl sites for hydroxylation is 2. The molecule has 0 aromatic carbocycles. The van der Waals surface area contributed by atoms with Gasteiger partial charge in [-0.25, -0.2) is 9.97 Å². The second-order valence-electron chi connectivity index (χ2n) is 7.29. The van der Waals surface area contributed by atoms with E-state index in [9.17, 15) is 0 Å². The predicted molar refractivity (Wildman–Crippen MR) is 146 cm³/mol. The molecular weight excluding hydrogens is 505 g/mol. The van der Waals surface area contributed by atoms with Gasteiger partial charge in [0.1, 0.15) is 10.3 Å². The molecule has 4 aromatic heterocycles. The molecule has 0 aliphatic rings. The van der Waals surface area contributed by atoms with Crippen LogP contribution in [0.4, 0.5) is 0 Å². The Morgan fingerprint density at radius 1 is 0.743 bits per heavy atom. The third-order valence-electron chi connectivity index (χ3n) is 4.57. The van der Waals surface area contributed by atoms with Gasteiger partial charge in [-0.2, -0.15) is 0 Å². The molecule has 0 spiro atoms. The van der Waals surface area contributed by atoms with E-state index in [1.807, 2.05) is 52.1 Å². The number of nitrogens with zero attached hydrogens (tertiary/aromatic N) is 4. The minimum absolute atomic E-state index is 0. The number of hydrogen-bond acceptors (Lipinski definition) is 6. The Labute approximate surface area is 222 Å². The molecule has 0 radical (unpaired) electrons. The lowest BCUT2D eigenvalue weighted by Crippen LogP contribution is -2.29. The van der Waals surface area contributed by atoms with Crippen molar-refractivity contribution >= 4 is 47.4 Å². The average Bonchev–Trinajstić information content (AvgIpc) is 2.82. The highest BCUT2D eigenvalue weighted by molar-refractivity contribution is 6.58. The monoisotopic (exact) mass is 532 g/mol. The summed E-state index contributed by atoms with van der Waals surface area (Å²) >= 11 is 17.6. The summed E-state index contributed by atoms with van der Waals surface area (Å²) in [6.07, 6.45) is 6.57. The molecule has 0 saturated heterocycles. The van der Waals surface area contributed by atoms with Gasteiger partial charge >= 0.3 is 7.12 Å². The van der Waals surface area contributed by atoms with Gasteiger partial charge in [0.15, 0.2) is 0 Å². The Kier molecular flexibility index (Phi) is 12.9. The lowest BCUT2D eigenvalue weighted by molar-refractivity contribution is 0.425. The maximum absolute atomic E-state index is 8.54. The Hall–Kier alpha value is -2.55. The Morgan fingerprint density at radius 2 is 1.29 bits per heavy atom. The van der Waals surface area contributed by atoms with E-state index in [1.165, 1.54) is 6.20 Å². The predicted octanol–water partition coefficient (Wildman–Crippen LogP) is 5.82. The number of halogens is 3. The number of rotatable bonds is 2. The van der Waals surface area contributed by atoms with E-state index in [0.29, 0.717) is 20.8 Å². The summed E-state index contributed by atoms with van der Waals surface area (Å²) in [6, 6.07) is 11.0. The fourth-order valence-corrected chi connectivity index (χ4v) is 3.48. The van der Waals surface area contributed by atoms with Crippen LogP contribution in [-0.2, 0) is 0 Å². The molecule has 4 rings (SSSR count). The van der Waals surface area contributed by atoms with E-state index in [0.717, 1.165) is 33.6 Å². The summed E-state index contributed by atoms with van der Waals surface area (Å²) in [5.41, 5.74) is 6.19. The summed E-state index contributed by atoms with van der Waals surface area (Å²) in [7, 11) is -1.40. The minimum Gasteiger partial charge on any atom is -0.423 e. The van der Waals surface area contributed by atoms with E-state index in [-0.39, 0.29) is 7.43 Å². The third-order valence-corrected chi connectivity index (χ3v) is 5.70. The van der Waals surface area contributed by atoms with Gasteiger partial charge in [0.25, 0.3) is 0 Å². The van der Waals surface area contributed by atoms with Crippen LogP contribution in [0.15, 0.2) is 61.2 Å². The zero-order valence-corrected chi connectivity index (χ0v) is 21.4. The Morgan fingerprint density at radius 3 is 1.74 bits per heavy atom. The lowest BCUT2D eigenvalue weighted by Gasteiger charge is -2.07. The van der Waals surface area contributed by atoms with Crippen molar-refractivity contribution in [1.82, 2.24) is 19.9 Å². The van der Waals surface area contributed by atoms with Crippen LogP contribution in [0.1, 0.15) is 29.9 Å². The van der Waals surface area contributed by atoms with Crippen LogP contribution in [-0.4, -0.2) is 37.1 Å². The molecule has 0 unspecified atom stereocenters. The molecule has 10 heteroatoms. The standard InChI is InChI=1S/C12H11ClN2.C7H7Cl2N.C5H6BNO2.CH4/c1-8-6-11(9(2)12(13)15-8)10-4-3-5-14-7-10;1-4-3-6(8)5(2)7(9)10-4;8-6(9)5-2-1-3-7-4-5;/h3-7H,1-2H3;3H,1-2H3;1-4,8-9H;1H4. The lowest BCUT2D eigenvalue weighted by atomic mass is 9.82. The molecule has 0 aliphatic carbocycles. The summed E-state index contributed by atoms with van der Waals surface area (Å²) in [4.78, 5) is 16.0. The van der Waals surface area contributed by atoms with Crippen LogP contribution in [0.25, 0.3) is 11.1 Å². The van der Waals surface area contributed by atoms with E-state index in [4.69, 9.17) is 44.9 Å². The van der Waals surface area contributed by atoms with Gasteiger partial charge in [0.05, 0.1) is 0 Å². The topological polar surface area (TPSA) is 92.0 Å². The highest BCUT2D eigenvalue weighted by Crippen LogP contribution is 2.27. The van der Waals surface area contributed by atoms with Gasteiger partial charge in [0, 0.05) is 57.8 Å². The molecule has 0 aliphatic heterocycles. The van der Waals surface area contributed by atoms with Crippen LogP contribution in [0.3, 0.4) is 0 Å². The van der Waals surface area contributed by atoms with E-state index < -0.39 is 7.12 Å². The van der Waals surface area contributed by atoms with Crippen LogP contribution in [0.5, 0.6) is 0 Å². The Bertz CT molecular complexity index is 1190. The maximum Gasteiger partial charge on any atom is 0.490 e. The highest BCUT2D eigenvalue weighted by Gasteiger charge is 2.09. The first-order valence-corrected chi connectivity index (χ1v) is 11.3. The largest absolute Gasteiger partial charge is 0.490 e. The van der Waals surface area contributed by atoms with Crippen molar-refractivity contribution in [2.45, 2.75) is 35.1 Å². The average molecular weight is 534 g/mol. The maximum atomic E-state index is 8.54. The second kappa shape index (κ2) is 14.8. The molecule has 6 nitrogen and oxygen atoms in total. The van der Waals surface area contributed by atoms with Crippen molar-refractivity contribution in [3.63, 3.8) is 0 Å². The SMILES string of the molecule is C.Cc1cc(-c2cccnc2)c(C)c(Cl)n1.Cc1cc(Cl)c(C)c(Cl)n1.OB(O)c1cccnc1. The normalized spacial score (nSPS) is 9.63. The zero-order chi connectivity index (χ0) is 25.3. The van der Waals surface area contributed by atoms with Crippen molar-refractivity contribution in [2.75, 3.05) is 0 Å². The molecule has 0 saturated carbocycles. The Balaban J connectivity index is 0.000000271. The highest BCUT2D eigenvalue weighted by atomic mass is 35.5. The first kappa shape index (κ1) is 30.5. The summed E-state index contributed by atoms with van der Waals surface area (Å²) in [6.45, 7) is 7.61. The van der Waals surface area contributed by atoms with Crippen LogP contribution in [0, 0.1) is 27.7 Å². The molecule has 184 valence electrons.